The molecule has 118 valence electrons. The van der Waals surface area contributed by atoms with Crippen LogP contribution in [0.15, 0.2) is 16.7 Å². The first-order chi connectivity index (χ1) is 9.49. The number of hydrogen-bond donors (Lipinski definition) is 0. The van der Waals surface area contributed by atoms with E-state index in [0.29, 0.717) is 17.0 Å². The molecule has 1 aromatic heterocycles. The van der Waals surface area contributed by atoms with Crippen LogP contribution in [0.5, 0.6) is 5.75 Å². The topological polar surface area (TPSA) is 57.5 Å². The van der Waals surface area contributed by atoms with Crippen molar-refractivity contribution >= 4 is 17.6 Å². The summed E-state index contributed by atoms with van der Waals surface area (Å²) in [6.45, 7) is 7.28. The number of nitrogens with zero attached hydrogens (tertiary/aromatic N) is 2. The molecule has 21 heavy (non-hydrogen) atoms. The lowest BCUT2D eigenvalue weighted by Gasteiger charge is -2.17. The second-order valence-electron chi connectivity index (χ2n) is 5.83. The highest BCUT2D eigenvalue weighted by Crippen LogP contribution is 2.21. The van der Waals surface area contributed by atoms with Crippen molar-refractivity contribution in [3.05, 3.63) is 23.5 Å². The van der Waals surface area contributed by atoms with E-state index in [1.54, 1.807) is 13.0 Å². The molecule has 0 aliphatic heterocycles. The van der Waals surface area contributed by atoms with Crippen LogP contribution < -0.4 is 4.74 Å². The van der Waals surface area contributed by atoms with Gasteiger partial charge in [0.15, 0.2) is 6.61 Å². The first kappa shape index (κ1) is 17.8. The molecule has 0 aliphatic carbocycles. The van der Waals surface area contributed by atoms with Crippen LogP contribution >= 0.6 is 0 Å². The molecule has 1 rings (SSSR count). The maximum Gasteiger partial charge on any atom is 0.278 e. The van der Waals surface area contributed by atoms with Crippen LogP contribution in [-0.2, 0) is 11.4 Å². The Bertz CT molecular complexity index is 511. The standard InChI is InChI=1S/C14H20F2N2O2S/c1-10-6-11(7-18-21(19)13(2,3)4)17-8-12(10)20-9-14(5,15)16/h6-8H,9H2,1-5H3/b18-7+. The first-order valence-corrected chi connectivity index (χ1v) is 7.53. The number of aryl methyl sites for hydroxylation is 1. The van der Waals surface area contributed by atoms with Gasteiger partial charge in [0.25, 0.3) is 5.92 Å². The minimum atomic E-state index is -2.89. The normalized spacial score (nSPS) is 14.5. The Balaban J connectivity index is 2.77. The average molecular weight is 318 g/mol. The van der Waals surface area contributed by atoms with Gasteiger partial charge >= 0.3 is 0 Å². The summed E-state index contributed by atoms with van der Waals surface area (Å²) >= 11 is -1.37. The molecule has 0 spiro atoms. The minimum Gasteiger partial charge on any atom is -0.591 e. The van der Waals surface area contributed by atoms with Crippen LogP contribution in [0.2, 0.25) is 0 Å². The zero-order valence-corrected chi connectivity index (χ0v) is 13.6. The van der Waals surface area contributed by atoms with E-state index in [0.717, 1.165) is 6.92 Å². The third-order valence-electron chi connectivity index (χ3n) is 2.37. The number of rotatable bonds is 5. The quantitative estimate of drug-likeness (QED) is 0.618. The van der Waals surface area contributed by atoms with Crippen molar-refractivity contribution in [2.75, 3.05) is 6.61 Å². The van der Waals surface area contributed by atoms with Crippen molar-refractivity contribution in [1.29, 1.82) is 0 Å². The second-order valence-corrected chi connectivity index (χ2v) is 7.76. The van der Waals surface area contributed by atoms with Crippen LogP contribution in [0.3, 0.4) is 0 Å². The Morgan fingerprint density at radius 2 is 2.00 bits per heavy atom. The summed E-state index contributed by atoms with van der Waals surface area (Å²) in [5.74, 6) is -2.60. The van der Waals surface area contributed by atoms with Crippen molar-refractivity contribution in [3.63, 3.8) is 0 Å². The van der Waals surface area contributed by atoms with E-state index in [9.17, 15) is 13.3 Å². The van der Waals surface area contributed by atoms with E-state index in [1.807, 2.05) is 20.8 Å². The Labute approximate surface area is 127 Å². The molecule has 0 radical (unpaired) electrons. The summed E-state index contributed by atoms with van der Waals surface area (Å²) < 4.78 is 45.8. The Morgan fingerprint density at radius 1 is 1.38 bits per heavy atom. The summed E-state index contributed by atoms with van der Waals surface area (Å²) in [6, 6.07) is 1.65. The van der Waals surface area contributed by atoms with Crippen LogP contribution in [0, 0.1) is 6.92 Å². The molecule has 1 unspecified atom stereocenters. The van der Waals surface area contributed by atoms with Crippen molar-refractivity contribution < 1.29 is 18.1 Å². The highest BCUT2D eigenvalue weighted by molar-refractivity contribution is 7.91. The highest BCUT2D eigenvalue weighted by Gasteiger charge is 2.26. The summed E-state index contributed by atoms with van der Waals surface area (Å²) in [5.41, 5.74) is 1.16. The molecule has 0 bridgehead atoms. The summed E-state index contributed by atoms with van der Waals surface area (Å²) in [4.78, 5) is 4.04. The lowest BCUT2D eigenvalue weighted by molar-refractivity contribution is -0.0232. The van der Waals surface area contributed by atoms with Crippen molar-refractivity contribution in [1.82, 2.24) is 4.98 Å². The molecule has 0 fully saturated rings. The van der Waals surface area contributed by atoms with Crippen molar-refractivity contribution in [2.24, 2.45) is 4.40 Å². The first-order valence-electron chi connectivity index (χ1n) is 6.42. The van der Waals surface area contributed by atoms with Gasteiger partial charge in [0.1, 0.15) is 28.1 Å². The van der Waals surface area contributed by atoms with E-state index in [4.69, 9.17) is 4.74 Å². The molecule has 0 N–H and O–H groups in total. The molecule has 0 aliphatic rings. The largest absolute Gasteiger partial charge is 0.591 e. The third kappa shape index (κ3) is 6.39. The maximum absolute atomic E-state index is 12.7. The number of aromatic nitrogens is 1. The van der Waals surface area contributed by atoms with Gasteiger partial charge in [-0.2, -0.15) is 0 Å². The second kappa shape index (κ2) is 6.70. The fourth-order valence-corrected chi connectivity index (χ4v) is 1.77. The molecule has 7 heteroatoms. The third-order valence-corrected chi connectivity index (χ3v) is 3.71. The molecule has 0 saturated heterocycles. The molecule has 1 atom stereocenters. The van der Waals surface area contributed by atoms with E-state index >= 15 is 0 Å². The average Bonchev–Trinajstić information content (AvgIpc) is 2.32. The number of pyridine rings is 1. The van der Waals surface area contributed by atoms with Gasteiger partial charge in [-0.15, -0.1) is 0 Å². The van der Waals surface area contributed by atoms with Gasteiger partial charge in [-0.05, 0) is 39.3 Å². The van der Waals surface area contributed by atoms with E-state index in [-0.39, 0.29) is 0 Å². The molecule has 0 saturated carbocycles. The molecular weight excluding hydrogens is 298 g/mol. The van der Waals surface area contributed by atoms with Gasteiger partial charge in [0, 0.05) is 6.92 Å². The number of hydrogen-bond acceptors (Lipinski definition) is 4. The summed E-state index contributed by atoms with van der Waals surface area (Å²) in [5, 5.41) is 0. The predicted octanol–water partition coefficient (Wildman–Crippen LogP) is 3.31. The van der Waals surface area contributed by atoms with Gasteiger partial charge in [-0.1, -0.05) is 4.40 Å². The van der Waals surface area contributed by atoms with Crippen molar-refractivity contribution in [2.45, 2.75) is 45.3 Å². The van der Waals surface area contributed by atoms with Gasteiger partial charge in [0.2, 0.25) is 0 Å². The summed E-state index contributed by atoms with van der Waals surface area (Å²) in [7, 11) is 0. The Kier molecular flexibility index (Phi) is 5.69. The molecule has 4 nitrogen and oxygen atoms in total. The lowest BCUT2D eigenvalue weighted by Crippen LogP contribution is -2.25. The van der Waals surface area contributed by atoms with Crippen LogP contribution in [0.1, 0.15) is 39.0 Å². The van der Waals surface area contributed by atoms with Crippen LogP contribution in [-0.4, -0.2) is 33.0 Å². The zero-order valence-electron chi connectivity index (χ0n) is 12.8. The van der Waals surface area contributed by atoms with Gasteiger partial charge in [-0.25, -0.2) is 8.78 Å². The van der Waals surface area contributed by atoms with Gasteiger partial charge in [0.05, 0.1) is 11.9 Å². The maximum atomic E-state index is 12.7. The molecule has 1 aromatic rings. The van der Waals surface area contributed by atoms with E-state index < -0.39 is 28.6 Å². The fourth-order valence-electron chi connectivity index (χ4n) is 1.25. The number of ether oxygens (including phenoxy) is 1. The van der Waals surface area contributed by atoms with E-state index in [2.05, 4.69) is 9.38 Å². The SMILES string of the molecule is Cc1cc(/C=N/[S+]([O-])C(C)(C)C)ncc1OCC(C)(F)F. The minimum absolute atomic E-state index is 0.297. The molecule has 0 amide bonds. The van der Waals surface area contributed by atoms with Gasteiger partial charge in [-0.3, -0.25) is 4.98 Å². The van der Waals surface area contributed by atoms with Crippen LogP contribution in [0.4, 0.5) is 8.78 Å². The molecule has 1 heterocycles. The van der Waals surface area contributed by atoms with Crippen LogP contribution in [0.25, 0.3) is 0 Å². The van der Waals surface area contributed by atoms with E-state index in [1.165, 1.54) is 12.4 Å². The molecule has 0 aromatic carbocycles. The number of alkyl halides is 2. The highest BCUT2D eigenvalue weighted by atomic mass is 32.2. The Hall–Kier alpha value is -1.21. The zero-order chi connectivity index (χ0) is 16.3. The molecular formula is C14H20F2N2O2S. The fraction of sp³-hybridized carbons (Fsp3) is 0.571. The number of halogens is 2. The Morgan fingerprint density at radius 3 is 2.48 bits per heavy atom. The van der Waals surface area contributed by atoms with Gasteiger partial charge < -0.3 is 9.29 Å². The summed E-state index contributed by atoms with van der Waals surface area (Å²) in [6.07, 6.45) is 2.77. The lowest BCUT2D eigenvalue weighted by atomic mass is 10.2. The predicted molar refractivity (Wildman–Crippen MR) is 80.6 cm³/mol. The smallest absolute Gasteiger partial charge is 0.278 e. The monoisotopic (exact) mass is 318 g/mol. The van der Waals surface area contributed by atoms with Crippen molar-refractivity contribution in [3.8, 4) is 5.75 Å².